The minimum absolute atomic E-state index is 0.249. The predicted molar refractivity (Wildman–Crippen MR) is 75.8 cm³/mol. The standard InChI is InChI=1S/C14H16ClN3O2/c1-9(14(19)20)10-4-17(5-10)7-12-8-18-6-11(15)2-3-13(18)16-12/h2-3,6,8-10H,4-5,7H2,1H3,(H,19,20). The summed E-state index contributed by atoms with van der Waals surface area (Å²) in [5.74, 6) is -0.734. The molecule has 0 aliphatic carbocycles. The number of hydrogen-bond donors (Lipinski definition) is 1. The molecule has 0 saturated carbocycles. The zero-order valence-corrected chi connectivity index (χ0v) is 11.9. The van der Waals surface area contributed by atoms with E-state index in [0.717, 1.165) is 31.0 Å². The molecule has 2 aromatic rings. The van der Waals surface area contributed by atoms with Crippen LogP contribution in [0.3, 0.4) is 0 Å². The topological polar surface area (TPSA) is 57.8 Å². The van der Waals surface area contributed by atoms with Gasteiger partial charge in [-0.15, -0.1) is 0 Å². The minimum Gasteiger partial charge on any atom is -0.481 e. The number of halogens is 1. The number of carboxylic acid groups (broad SMARTS) is 1. The normalized spacial score (nSPS) is 18.1. The third-order valence-electron chi connectivity index (χ3n) is 3.93. The van der Waals surface area contributed by atoms with E-state index in [2.05, 4.69) is 9.88 Å². The number of rotatable bonds is 4. The lowest BCUT2D eigenvalue weighted by Gasteiger charge is -2.40. The van der Waals surface area contributed by atoms with Gasteiger partial charge in [-0.3, -0.25) is 9.69 Å². The van der Waals surface area contributed by atoms with Crippen LogP contribution in [0.4, 0.5) is 0 Å². The van der Waals surface area contributed by atoms with Crippen LogP contribution in [0, 0.1) is 11.8 Å². The number of pyridine rings is 1. The third kappa shape index (κ3) is 2.51. The lowest BCUT2D eigenvalue weighted by atomic mass is 9.87. The van der Waals surface area contributed by atoms with Gasteiger partial charge in [0, 0.05) is 32.0 Å². The number of carboxylic acids is 1. The zero-order chi connectivity index (χ0) is 14.3. The highest BCUT2D eigenvalue weighted by atomic mass is 35.5. The number of likely N-dealkylation sites (tertiary alicyclic amines) is 1. The van der Waals surface area contributed by atoms with Gasteiger partial charge < -0.3 is 9.51 Å². The first-order chi connectivity index (χ1) is 9.52. The molecule has 5 nitrogen and oxygen atoms in total. The van der Waals surface area contributed by atoms with Crippen LogP contribution < -0.4 is 0 Å². The predicted octanol–water partition coefficient (Wildman–Crippen LogP) is 2.14. The monoisotopic (exact) mass is 293 g/mol. The van der Waals surface area contributed by atoms with Crippen molar-refractivity contribution in [2.45, 2.75) is 13.5 Å². The molecule has 1 atom stereocenters. The average Bonchev–Trinajstić information content (AvgIpc) is 2.73. The van der Waals surface area contributed by atoms with Gasteiger partial charge in [-0.25, -0.2) is 4.98 Å². The summed E-state index contributed by atoms with van der Waals surface area (Å²) in [5.41, 5.74) is 1.86. The lowest BCUT2D eigenvalue weighted by Crippen LogP contribution is -2.50. The summed E-state index contributed by atoms with van der Waals surface area (Å²) in [6.07, 6.45) is 3.80. The van der Waals surface area contributed by atoms with Crippen molar-refractivity contribution in [1.29, 1.82) is 0 Å². The molecule has 2 aromatic heterocycles. The number of aromatic nitrogens is 2. The summed E-state index contributed by atoms with van der Waals surface area (Å²) >= 11 is 5.94. The van der Waals surface area contributed by atoms with Crippen LogP contribution >= 0.6 is 11.6 Å². The molecule has 1 aliphatic heterocycles. The van der Waals surface area contributed by atoms with Crippen LogP contribution in [-0.4, -0.2) is 38.4 Å². The molecule has 6 heteroatoms. The second-order valence-corrected chi connectivity index (χ2v) is 5.86. The molecule has 1 saturated heterocycles. The molecule has 0 radical (unpaired) electrons. The maximum atomic E-state index is 10.9. The first-order valence-electron chi connectivity index (χ1n) is 6.61. The van der Waals surface area contributed by atoms with Gasteiger partial charge in [0.05, 0.1) is 16.6 Å². The Balaban J connectivity index is 1.63. The maximum Gasteiger partial charge on any atom is 0.306 e. The Morgan fingerprint density at radius 3 is 2.95 bits per heavy atom. The van der Waals surface area contributed by atoms with Crippen LogP contribution in [0.1, 0.15) is 12.6 Å². The lowest BCUT2D eigenvalue weighted by molar-refractivity contribution is -0.145. The van der Waals surface area contributed by atoms with Crippen LogP contribution in [0.2, 0.25) is 5.02 Å². The van der Waals surface area contributed by atoms with Crippen molar-refractivity contribution in [2.75, 3.05) is 13.1 Å². The van der Waals surface area contributed by atoms with Gasteiger partial charge in [-0.1, -0.05) is 18.5 Å². The zero-order valence-electron chi connectivity index (χ0n) is 11.2. The van der Waals surface area contributed by atoms with Gasteiger partial charge >= 0.3 is 5.97 Å². The van der Waals surface area contributed by atoms with E-state index in [0.29, 0.717) is 5.02 Å². The van der Waals surface area contributed by atoms with E-state index in [1.807, 2.05) is 28.9 Å². The van der Waals surface area contributed by atoms with E-state index in [1.54, 1.807) is 6.92 Å². The van der Waals surface area contributed by atoms with Gasteiger partial charge in [0.1, 0.15) is 5.65 Å². The van der Waals surface area contributed by atoms with Crippen molar-refractivity contribution in [1.82, 2.24) is 14.3 Å². The number of hydrogen-bond acceptors (Lipinski definition) is 3. The molecule has 0 spiro atoms. The Hall–Kier alpha value is -1.59. The van der Waals surface area contributed by atoms with E-state index < -0.39 is 5.97 Å². The van der Waals surface area contributed by atoms with Crippen molar-refractivity contribution in [3.05, 3.63) is 35.2 Å². The van der Waals surface area contributed by atoms with Crippen LogP contribution in [0.5, 0.6) is 0 Å². The Morgan fingerprint density at radius 2 is 2.25 bits per heavy atom. The minimum atomic E-state index is -0.711. The summed E-state index contributed by atoms with van der Waals surface area (Å²) in [4.78, 5) is 17.6. The number of imidazole rings is 1. The van der Waals surface area contributed by atoms with Crippen molar-refractivity contribution >= 4 is 23.2 Å². The molecule has 1 N–H and O–H groups in total. The molecule has 106 valence electrons. The largest absolute Gasteiger partial charge is 0.481 e. The van der Waals surface area contributed by atoms with E-state index in [1.165, 1.54) is 0 Å². The molecule has 3 rings (SSSR count). The Morgan fingerprint density at radius 1 is 1.50 bits per heavy atom. The van der Waals surface area contributed by atoms with Crippen LogP contribution in [0.25, 0.3) is 5.65 Å². The quantitative estimate of drug-likeness (QED) is 0.938. The molecule has 0 amide bonds. The molecule has 0 bridgehead atoms. The molecule has 0 aromatic carbocycles. The highest BCUT2D eigenvalue weighted by Gasteiger charge is 2.34. The van der Waals surface area contributed by atoms with Crippen LogP contribution in [-0.2, 0) is 11.3 Å². The smallest absolute Gasteiger partial charge is 0.306 e. The van der Waals surface area contributed by atoms with Gasteiger partial charge in [0.25, 0.3) is 0 Å². The summed E-state index contributed by atoms with van der Waals surface area (Å²) in [6.45, 7) is 4.17. The van der Waals surface area contributed by atoms with E-state index in [4.69, 9.17) is 16.7 Å². The first-order valence-corrected chi connectivity index (χ1v) is 6.99. The van der Waals surface area contributed by atoms with Crippen molar-refractivity contribution < 1.29 is 9.90 Å². The van der Waals surface area contributed by atoms with E-state index in [9.17, 15) is 4.79 Å². The number of carbonyl (C=O) groups is 1. The second-order valence-electron chi connectivity index (χ2n) is 5.43. The fourth-order valence-electron chi connectivity index (χ4n) is 2.58. The maximum absolute atomic E-state index is 10.9. The fraction of sp³-hybridized carbons (Fsp3) is 0.429. The Labute approximate surface area is 121 Å². The fourth-order valence-corrected chi connectivity index (χ4v) is 2.75. The van der Waals surface area contributed by atoms with Crippen molar-refractivity contribution in [3.8, 4) is 0 Å². The Bertz CT molecular complexity index is 649. The SMILES string of the molecule is CC(C(=O)O)C1CN(Cc2cn3cc(Cl)ccc3n2)C1. The first kappa shape index (κ1) is 13.4. The van der Waals surface area contributed by atoms with Gasteiger partial charge in [0.2, 0.25) is 0 Å². The molecular formula is C14H16ClN3O2. The molecule has 3 heterocycles. The third-order valence-corrected chi connectivity index (χ3v) is 4.16. The number of aliphatic carboxylic acids is 1. The highest BCUT2D eigenvalue weighted by Crippen LogP contribution is 2.25. The van der Waals surface area contributed by atoms with Crippen molar-refractivity contribution in [3.63, 3.8) is 0 Å². The van der Waals surface area contributed by atoms with Crippen molar-refractivity contribution in [2.24, 2.45) is 11.8 Å². The summed E-state index contributed by atoms with van der Waals surface area (Å²) in [6, 6.07) is 3.71. The summed E-state index contributed by atoms with van der Waals surface area (Å²) < 4.78 is 1.91. The summed E-state index contributed by atoms with van der Waals surface area (Å²) in [5, 5.41) is 9.65. The number of nitrogens with zero attached hydrogens (tertiary/aromatic N) is 3. The number of fused-ring (bicyclic) bond motifs is 1. The van der Waals surface area contributed by atoms with E-state index >= 15 is 0 Å². The molecule has 1 unspecified atom stereocenters. The van der Waals surface area contributed by atoms with E-state index in [-0.39, 0.29) is 11.8 Å². The Kier molecular flexibility index (Phi) is 3.40. The van der Waals surface area contributed by atoms with Gasteiger partial charge in [0.15, 0.2) is 0 Å². The van der Waals surface area contributed by atoms with Crippen LogP contribution in [0.15, 0.2) is 24.5 Å². The molecule has 20 heavy (non-hydrogen) atoms. The highest BCUT2D eigenvalue weighted by molar-refractivity contribution is 6.30. The van der Waals surface area contributed by atoms with Gasteiger partial charge in [-0.05, 0) is 18.1 Å². The molecule has 1 fully saturated rings. The summed E-state index contributed by atoms with van der Waals surface area (Å²) in [7, 11) is 0. The average molecular weight is 294 g/mol. The second kappa shape index (κ2) is 5.07. The van der Waals surface area contributed by atoms with Gasteiger partial charge in [-0.2, -0.15) is 0 Å². The molecule has 1 aliphatic rings. The molecular weight excluding hydrogens is 278 g/mol.